The Morgan fingerprint density at radius 1 is 1.38 bits per heavy atom. The quantitative estimate of drug-likeness (QED) is 0.637. The average Bonchev–Trinajstić information content (AvgIpc) is 2.53. The largest absolute Gasteiger partial charge is 0.331 e. The topological polar surface area (TPSA) is 21.1 Å². The molecule has 0 N–H and O–H groups in total. The monoisotopic (exact) mass is 235 g/mol. The Labute approximate surface area is 101 Å². The summed E-state index contributed by atoms with van der Waals surface area (Å²) in [7, 11) is 6.07. The van der Waals surface area contributed by atoms with Crippen LogP contribution >= 0.6 is 12.6 Å². The number of nitrogens with zero attached hydrogens (tertiary/aromatic N) is 3. The van der Waals surface area contributed by atoms with Gasteiger partial charge in [-0.3, -0.25) is 4.90 Å². The summed E-state index contributed by atoms with van der Waals surface area (Å²) < 4.78 is 2.10. The standard InChI is InChI=1S/C12H17N3S/c1-8-13-10-7-9(12(16)14(2)3)5-6-11(10)15(8)4/h5-7,12,16H,1-4H3. The number of benzene rings is 1. The summed E-state index contributed by atoms with van der Waals surface area (Å²) in [5, 5.41) is 0.117. The zero-order valence-electron chi connectivity index (χ0n) is 10.1. The van der Waals surface area contributed by atoms with Crippen LogP contribution in [0, 0.1) is 6.92 Å². The Morgan fingerprint density at radius 3 is 2.69 bits per heavy atom. The van der Waals surface area contributed by atoms with Crippen molar-refractivity contribution in [1.29, 1.82) is 0 Å². The van der Waals surface area contributed by atoms with Gasteiger partial charge in [-0.1, -0.05) is 6.07 Å². The molecular weight excluding hydrogens is 218 g/mol. The van der Waals surface area contributed by atoms with Gasteiger partial charge in [-0.2, -0.15) is 12.6 Å². The lowest BCUT2D eigenvalue weighted by Crippen LogP contribution is -2.14. The molecule has 1 aromatic heterocycles. The number of aryl methyl sites for hydroxylation is 2. The molecule has 0 aliphatic carbocycles. The molecule has 4 heteroatoms. The van der Waals surface area contributed by atoms with Crippen LogP contribution < -0.4 is 0 Å². The summed E-state index contributed by atoms with van der Waals surface area (Å²) in [5.74, 6) is 1.03. The molecule has 0 fully saturated rings. The van der Waals surface area contributed by atoms with Crippen LogP contribution in [0.3, 0.4) is 0 Å². The van der Waals surface area contributed by atoms with Crippen LogP contribution in [0.4, 0.5) is 0 Å². The molecule has 0 aliphatic rings. The SMILES string of the molecule is Cc1nc2cc(C(S)N(C)C)ccc2n1C. The van der Waals surface area contributed by atoms with E-state index in [0.29, 0.717) is 0 Å². The Kier molecular flexibility index (Phi) is 2.95. The maximum absolute atomic E-state index is 4.56. The smallest absolute Gasteiger partial charge is 0.106 e. The van der Waals surface area contributed by atoms with E-state index in [2.05, 4.69) is 45.3 Å². The molecule has 0 spiro atoms. The molecular formula is C12H17N3S. The third kappa shape index (κ3) is 1.83. The number of imidazole rings is 1. The molecule has 0 saturated carbocycles. The molecule has 1 atom stereocenters. The lowest BCUT2D eigenvalue weighted by molar-refractivity contribution is 0.394. The van der Waals surface area contributed by atoms with Crippen LogP contribution in [0.2, 0.25) is 0 Å². The van der Waals surface area contributed by atoms with Crippen LogP contribution in [-0.2, 0) is 7.05 Å². The predicted octanol–water partition coefficient (Wildman–Crippen LogP) is 2.37. The van der Waals surface area contributed by atoms with Gasteiger partial charge in [0.25, 0.3) is 0 Å². The summed E-state index contributed by atoms with van der Waals surface area (Å²) >= 11 is 4.56. The molecule has 16 heavy (non-hydrogen) atoms. The van der Waals surface area contributed by atoms with Gasteiger partial charge in [0, 0.05) is 7.05 Å². The average molecular weight is 235 g/mol. The maximum atomic E-state index is 4.56. The van der Waals surface area contributed by atoms with E-state index in [4.69, 9.17) is 0 Å². The molecule has 86 valence electrons. The number of fused-ring (bicyclic) bond motifs is 1. The second kappa shape index (κ2) is 4.11. The van der Waals surface area contributed by atoms with Crippen molar-refractivity contribution in [2.75, 3.05) is 14.1 Å². The van der Waals surface area contributed by atoms with Gasteiger partial charge in [0.1, 0.15) is 5.82 Å². The van der Waals surface area contributed by atoms with E-state index in [1.807, 2.05) is 28.1 Å². The predicted molar refractivity (Wildman–Crippen MR) is 70.9 cm³/mol. The highest BCUT2D eigenvalue weighted by molar-refractivity contribution is 7.80. The molecule has 0 bridgehead atoms. The van der Waals surface area contributed by atoms with Crippen LogP contribution in [-0.4, -0.2) is 28.5 Å². The zero-order valence-corrected chi connectivity index (χ0v) is 11.0. The normalized spacial score (nSPS) is 13.6. The minimum absolute atomic E-state index is 0.117. The van der Waals surface area contributed by atoms with E-state index in [-0.39, 0.29) is 5.37 Å². The lowest BCUT2D eigenvalue weighted by atomic mass is 10.2. The minimum atomic E-state index is 0.117. The van der Waals surface area contributed by atoms with Gasteiger partial charge in [0.05, 0.1) is 16.4 Å². The van der Waals surface area contributed by atoms with Crippen molar-refractivity contribution in [3.8, 4) is 0 Å². The van der Waals surface area contributed by atoms with Crippen LogP contribution in [0.5, 0.6) is 0 Å². The van der Waals surface area contributed by atoms with Gasteiger partial charge in [-0.15, -0.1) is 0 Å². The summed E-state index contributed by atoms with van der Waals surface area (Å²) in [6.07, 6.45) is 0. The number of hydrogen-bond acceptors (Lipinski definition) is 3. The van der Waals surface area contributed by atoms with Gasteiger partial charge in [0.15, 0.2) is 0 Å². The molecule has 3 nitrogen and oxygen atoms in total. The maximum Gasteiger partial charge on any atom is 0.106 e. The van der Waals surface area contributed by atoms with E-state index in [0.717, 1.165) is 11.3 Å². The fourth-order valence-corrected chi connectivity index (χ4v) is 1.96. The van der Waals surface area contributed by atoms with Gasteiger partial charge in [-0.05, 0) is 38.7 Å². The fraction of sp³-hybridized carbons (Fsp3) is 0.417. The molecule has 2 rings (SSSR count). The Morgan fingerprint density at radius 2 is 2.06 bits per heavy atom. The Balaban J connectivity index is 2.52. The zero-order chi connectivity index (χ0) is 11.9. The van der Waals surface area contributed by atoms with E-state index in [9.17, 15) is 0 Å². The molecule has 2 aromatic rings. The van der Waals surface area contributed by atoms with Crippen molar-refractivity contribution < 1.29 is 0 Å². The third-order valence-electron chi connectivity index (χ3n) is 2.92. The van der Waals surface area contributed by atoms with Gasteiger partial charge in [-0.25, -0.2) is 4.98 Å². The summed E-state index contributed by atoms with van der Waals surface area (Å²) in [6, 6.07) is 6.33. The third-order valence-corrected chi connectivity index (χ3v) is 3.68. The highest BCUT2D eigenvalue weighted by Gasteiger charge is 2.11. The molecule has 1 heterocycles. The van der Waals surface area contributed by atoms with Crippen LogP contribution in [0.1, 0.15) is 16.8 Å². The first-order valence-electron chi connectivity index (χ1n) is 5.28. The van der Waals surface area contributed by atoms with Crippen molar-refractivity contribution in [3.63, 3.8) is 0 Å². The summed E-state index contributed by atoms with van der Waals surface area (Å²) in [4.78, 5) is 6.60. The minimum Gasteiger partial charge on any atom is -0.331 e. The molecule has 0 radical (unpaired) electrons. The first-order valence-corrected chi connectivity index (χ1v) is 5.80. The molecule has 0 aliphatic heterocycles. The highest BCUT2D eigenvalue weighted by Crippen LogP contribution is 2.25. The second-order valence-electron chi connectivity index (χ2n) is 4.30. The van der Waals surface area contributed by atoms with Crippen LogP contribution in [0.15, 0.2) is 18.2 Å². The molecule has 0 amide bonds. The van der Waals surface area contributed by atoms with Crippen molar-refractivity contribution >= 4 is 23.7 Å². The van der Waals surface area contributed by atoms with Crippen molar-refractivity contribution in [2.45, 2.75) is 12.3 Å². The van der Waals surface area contributed by atoms with Crippen LogP contribution in [0.25, 0.3) is 11.0 Å². The summed E-state index contributed by atoms with van der Waals surface area (Å²) in [6.45, 7) is 2.02. The second-order valence-corrected chi connectivity index (χ2v) is 4.79. The Bertz CT molecular complexity index is 516. The first kappa shape index (κ1) is 11.5. The van der Waals surface area contributed by atoms with Crippen molar-refractivity contribution in [1.82, 2.24) is 14.5 Å². The fourth-order valence-electron chi connectivity index (χ4n) is 1.80. The number of aromatic nitrogens is 2. The number of rotatable bonds is 2. The number of hydrogen-bond donors (Lipinski definition) is 1. The van der Waals surface area contributed by atoms with Crippen molar-refractivity contribution in [3.05, 3.63) is 29.6 Å². The van der Waals surface area contributed by atoms with E-state index >= 15 is 0 Å². The van der Waals surface area contributed by atoms with Crippen molar-refractivity contribution in [2.24, 2.45) is 7.05 Å². The molecule has 1 aromatic carbocycles. The van der Waals surface area contributed by atoms with E-state index in [1.54, 1.807) is 0 Å². The molecule has 0 saturated heterocycles. The van der Waals surface area contributed by atoms with Gasteiger partial charge < -0.3 is 4.57 Å². The van der Waals surface area contributed by atoms with E-state index in [1.165, 1.54) is 11.1 Å². The first-order chi connectivity index (χ1) is 7.50. The Hall–Kier alpha value is -1.00. The van der Waals surface area contributed by atoms with Gasteiger partial charge in [0.2, 0.25) is 0 Å². The van der Waals surface area contributed by atoms with E-state index < -0.39 is 0 Å². The highest BCUT2D eigenvalue weighted by atomic mass is 32.1. The summed E-state index contributed by atoms with van der Waals surface area (Å²) in [5.41, 5.74) is 3.39. The lowest BCUT2D eigenvalue weighted by Gasteiger charge is -2.18. The molecule has 1 unspecified atom stereocenters. The van der Waals surface area contributed by atoms with Gasteiger partial charge >= 0.3 is 0 Å². The number of thiol groups is 1.